The molecule has 0 aliphatic heterocycles. The number of hydrazone groups is 1. The van der Waals surface area contributed by atoms with Crippen molar-refractivity contribution in [2.75, 3.05) is 12.0 Å². The van der Waals surface area contributed by atoms with Crippen LogP contribution in [0.5, 0.6) is 0 Å². The minimum atomic E-state index is -0.555. The van der Waals surface area contributed by atoms with E-state index in [0.29, 0.717) is 5.02 Å². The Labute approximate surface area is 110 Å². The van der Waals surface area contributed by atoms with Crippen molar-refractivity contribution in [2.24, 2.45) is 5.10 Å². The Hall–Kier alpha value is -1.88. The predicted octanol–water partition coefficient (Wildman–Crippen LogP) is 2.26. The van der Waals surface area contributed by atoms with Crippen molar-refractivity contribution in [3.05, 3.63) is 29.3 Å². The SMILES string of the molecule is CC(=O)CC(=O)OC/C=N\Nc1ccc(Cl)cc1. The summed E-state index contributed by atoms with van der Waals surface area (Å²) in [6.45, 7) is 1.35. The van der Waals surface area contributed by atoms with Gasteiger partial charge in [0, 0.05) is 5.02 Å². The first-order valence-corrected chi connectivity index (χ1v) is 5.64. The lowest BCUT2D eigenvalue weighted by Crippen LogP contribution is -2.10. The number of carbonyl (C=O) groups excluding carboxylic acids is 2. The lowest BCUT2D eigenvalue weighted by atomic mass is 10.3. The Balaban J connectivity index is 2.23. The smallest absolute Gasteiger partial charge is 0.313 e. The molecule has 0 bridgehead atoms. The van der Waals surface area contributed by atoms with E-state index in [0.717, 1.165) is 5.69 Å². The van der Waals surface area contributed by atoms with Crippen LogP contribution >= 0.6 is 11.6 Å². The Bertz CT molecular complexity index is 443. The maximum absolute atomic E-state index is 11.0. The van der Waals surface area contributed by atoms with Crippen molar-refractivity contribution in [1.82, 2.24) is 0 Å². The van der Waals surface area contributed by atoms with Crippen molar-refractivity contribution in [2.45, 2.75) is 13.3 Å². The molecule has 1 N–H and O–H groups in total. The molecule has 0 atom stereocenters. The minimum absolute atomic E-state index is 0.0205. The Morgan fingerprint density at radius 3 is 2.67 bits per heavy atom. The molecule has 0 aliphatic rings. The molecule has 1 rings (SSSR count). The zero-order valence-corrected chi connectivity index (χ0v) is 10.6. The maximum Gasteiger partial charge on any atom is 0.313 e. The van der Waals surface area contributed by atoms with Crippen LogP contribution in [0.2, 0.25) is 5.02 Å². The number of hydrogen-bond donors (Lipinski definition) is 1. The molecule has 0 saturated carbocycles. The number of ketones is 1. The number of carbonyl (C=O) groups is 2. The molecule has 0 radical (unpaired) electrons. The van der Waals surface area contributed by atoms with Gasteiger partial charge in [-0.3, -0.25) is 15.0 Å². The average molecular weight is 269 g/mol. The molecule has 0 heterocycles. The predicted molar refractivity (Wildman–Crippen MR) is 69.8 cm³/mol. The van der Waals surface area contributed by atoms with Crippen LogP contribution < -0.4 is 5.43 Å². The third-order valence-electron chi connectivity index (χ3n) is 1.84. The van der Waals surface area contributed by atoms with Gasteiger partial charge in [0.25, 0.3) is 0 Å². The summed E-state index contributed by atoms with van der Waals surface area (Å²) in [5.41, 5.74) is 3.51. The number of ether oxygens (including phenoxy) is 1. The summed E-state index contributed by atoms with van der Waals surface area (Å²) >= 11 is 5.72. The molecule has 0 saturated heterocycles. The van der Waals surface area contributed by atoms with Crippen LogP contribution in [0.25, 0.3) is 0 Å². The van der Waals surface area contributed by atoms with Gasteiger partial charge in [-0.1, -0.05) is 11.6 Å². The van der Waals surface area contributed by atoms with Crippen LogP contribution in [-0.4, -0.2) is 24.6 Å². The minimum Gasteiger partial charge on any atom is -0.459 e. The highest BCUT2D eigenvalue weighted by molar-refractivity contribution is 6.30. The first kappa shape index (κ1) is 14.2. The molecule has 0 aromatic heterocycles. The fourth-order valence-corrected chi connectivity index (χ4v) is 1.19. The molecular formula is C12H13ClN2O3. The highest BCUT2D eigenvalue weighted by atomic mass is 35.5. The van der Waals surface area contributed by atoms with Crippen LogP contribution in [0.4, 0.5) is 5.69 Å². The highest BCUT2D eigenvalue weighted by Crippen LogP contribution is 2.12. The molecule has 18 heavy (non-hydrogen) atoms. The summed E-state index contributed by atoms with van der Waals surface area (Å²) in [5, 5.41) is 4.48. The third-order valence-corrected chi connectivity index (χ3v) is 2.09. The summed E-state index contributed by atoms with van der Waals surface area (Å²) in [6.07, 6.45) is 1.19. The van der Waals surface area contributed by atoms with Gasteiger partial charge in [0.05, 0.1) is 11.9 Å². The lowest BCUT2D eigenvalue weighted by Gasteiger charge is -2.00. The Morgan fingerprint density at radius 1 is 1.39 bits per heavy atom. The van der Waals surface area contributed by atoms with Gasteiger partial charge >= 0.3 is 5.97 Å². The number of benzene rings is 1. The normalized spacial score (nSPS) is 10.3. The standard InChI is InChI=1S/C12H13ClN2O3/c1-9(16)8-12(17)18-7-6-14-15-11-4-2-10(13)3-5-11/h2-6,15H,7-8H2,1H3/b14-6-. The second-order valence-corrected chi connectivity index (χ2v) is 3.93. The summed E-state index contributed by atoms with van der Waals surface area (Å²) in [6, 6.07) is 6.99. The third kappa shape index (κ3) is 6.00. The number of rotatable bonds is 6. The number of anilines is 1. The molecule has 0 unspecified atom stereocenters. The van der Waals surface area contributed by atoms with Crippen molar-refractivity contribution < 1.29 is 14.3 Å². The van der Waals surface area contributed by atoms with Gasteiger partial charge in [0.15, 0.2) is 0 Å². The van der Waals surface area contributed by atoms with E-state index in [4.69, 9.17) is 16.3 Å². The molecule has 0 aliphatic carbocycles. The second-order valence-electron chi connectivity index (χ2n) is 3.49. The van der Waals surface area contributed by atoms with Crippen LogP contribution in [0.1, 0.15) is 13.3 Å². The second kappa shape index (κ2) is 7.45. The Kier molecular flexibility index (Phi) is 5.87. The van der Waals surface area contributed by atoms with E-state index >= 15 is 0 Å². The zero-order valence-electron chi connectivity index (χ0n) is 9.85. The molecule has 5 nitrogen and oxygen atoms in total. The van der Waals surface area contributed by atoms with E-state index in [2.05, 4.69) is 10.5 Å². The molecule has 0 spiro atoms. The number of esters is 1. The largest absolute Gasteiger partial charge is 0.459 e. The van der Waals surface area contributed by atoms with E-state index in [1.165, 1.54) is 13.1 Å². The van der Waals surface area contributed by atoms with Crippen LogP contribution in [0, 0.1) is 0 Å². The molecule has 6 heteroatoms. The van der Waals surface area contributed by atoms with Gasteiger partial charge in [-0.15, -0.1) is 0 Å². The van der Waals surface area contributed by atoms with Gasteiger partial charge < -0.3 is 4.74 Å². The first-order chi connectivity index (χ1) is 8.58. The molecule has 1 aromatic carbocycles. The van der Waals surface area contributed by atoms with Crippen molar-refractivity contribution in [3.8, 4) is 0 Å². The lowest BCUT2D eigenvalue weighted by molar-refractivity contribution is -0.144. The molecular weight excluding hydrogens is 256 g/mol. The number of nitrogens with one attached hydrogen (secondary N) is 1. The van der Waals surface area contributed by atoms with Crippen molar-refractivity contribution in [3.63, 3.8) is 0 Å². The average Bonchev–Trinajstić information content (AvgIpc) is 2.30. The summed E-state index contributed by atoms with van der Waals surface area (Å²) in [7, 11) is 0. The van der Waals surface area contributed by atoms with E-state index < -0.39 is 5.97 Å². The number of halogens is 1. The van der Waals surface area contributed by atoms with Crippen LogP contribution in [0.15, 0.2) is 29.4 Å². The molecule has 1 aromatic rings. The van der Waals surface area contributed by atoms with E-state index in [1.54, 1.807) is 24.3 Å². The fraction of sp³-hybridized carbons (Fsp3) is 0.250. The summed E-state index contributed by atoms with van der Waals surface area (Å²) in [5.74, 6) is -0.781. The summed E-state index contributed by atoms with van der Waals surface area (Å²) in [4.78, 5) is 21.6. The quantitative estimate of drug-likeness (QED) is 0.372. The molecule has 96 valence electrons. The number of nitrogens with zero attached hydrogens (tertiary/aromatic N) is 1. The van der Waals surface area contributed by atoms with Crippen LogP contribution in [-0.2, 0) is 14.3 Å². The van der Waals surface area contributed by atoms with Crippen molar-refractivity contribution >= 4 is 35.3 Å². The van der Waals surface area contributed by atoms with Gasteiger partial charge in [-0.25, -0.2) is 0 Å². The summed E-state index contributed by atoms with van der Waals surface area (Å²) < 4.78 is 4.74. The maximum atomic E-state index is 11.0. The first-order valence-electron chi connectivity index (χ1n) is 5.26. The van der Waals surface area contributed by atoms with Gasteiger partial charge in [-0.05, 0) is 31.2 Å². The van der Waals surface area contributed by atoms with Gasteiger partial charge in [0.1, 0.15) is 18.8 Å². The number of Topliss-reactive ketones (excluding diaryl/α,β-unsaturated/α-hetero) is 1. The van der Waals surface area contributed by atoms with E-state index in [1.807, 2.05) is 0 Å². The van der Waals surface area contributed by atoms with Crippen molar-refractivity contribution in [1.29, 1.82) is 0 Å². The zero-order chi connectivity index (χ0) is 13.4. The monoisotopic (exact) mass is 268 g/mol. The van der Waals surface area contributed by atoms with E-state index in [-0.39, 0.29) is 18.8 Å². The van der Waals surface area contributed by atoms with Gasteiger partial charge in [-0.2, -0.15) is 5.10 Å². The highest BCUT2D eigenvalue weighted by Gasteiger charge is 2.04. The molecule has 0 fully saturated rings. The van der Waals surface area contributed by atoms with Crippen LogP contribution in [0.3, 0.4) is 0 Å². The fourth-order valence-electron chi connectivity index (χ4n) is 1.07. The molecule has 0 amide bonds. The van der Waals surface area contributed by atoms with Gasteiger partial charge in [0.2, 0.25) is 0 Å². The number of hydrogen-bond acceptors (Lipinski definition) is 5. The Morgan fingerprint density at radius 2 is 2.06 bits per heavy atom. The topological polar surface area (TPSA) is 67.8 Å². The van der Waals surface area contributed by atoms with E-state index in [9.17, 15) is 9.59 Å².